The second-order valence-corrected chi connectivity index (χ2v) is 6.66. The van der Waals surface area contributed by atoms with E-state index >= 15 is 0 Å². The minimum atomic E-state index is 0.128. The molecule has 0 unspecified atom stereocenters. The van der Waals surface area contributed by atoms with Gasteiger partial charge in [0.1, 0.15) is 0 Å². The van der Waals surface area contributed by atoms with Crippen molar-refractivity contribution in [2.24, 2.45) is 0 Å². The van der Waals surface area contributed by atoms with Gasteiger partial charge in [-0.15, -0.1) is 0 Å². The number of amides is 1. The van der Waals surface area contributed by atoms with Crippen LogP contribution in [0.1, 0.15) is 43.9 Å². The molecule has 1 amide bonds. The first kappa shape index (κ1) is 15.5. The fourth-order valence-corrected chi connectivity index (χ4v) is 3.76. The molecule has 1 heterocycles. The van der Waals surface area contributed by atoms with Gasteiger partial charge in [-0.25, -0.2) is 0 Å². The van der Waals surface area contributed by atoms with Crippen LogP contribution >= 0.6 is 0 Å². The van der Waals surface area contributed by atoms with E-state index in [9.17, 15) is 4.79 Å². The lowest BCUT2D eigenvalue weighted by Crippen LogP contribution is -2.49. The molecule has 1 fully saturated rings. The fourth-order valence-electron chi connectivity index (χ4n) is 3.76. The normalized spacial score (nSPS) is 28.9. The molecule has 22 heavy (non-hydrogen) atoms. The highest BCUT2D eigenvalue weighted by molar-refractivity contribution is 5.78. The standard InChI is InChI=1S/C18H26N2O2/c1-13-10-20(11-14(2)22-13)12-18(21)19-17-9-5-7-15-6-3-4-8-16(15)17/h3-4,6,8,13-14,17H,5,7,9-12H2,1-2H3,(H,19,21)/t13-,14+,17-/m1/s1. The Morgan fingerprint density at radius 1 is 1.27 bits per heavy atom. The molecule has 0 spiro atoms. The number of rotatable bonds is 3. The van der Waals surface area contributed by atoms with Crippen LogP contribution in [-0.2, 0) is 16.0 Å². The third-order valence-electron chi connectivity index (χ3n) is 4.57. The maximum Gasteiger partial charge on any atom is 0.234 e. The Balaban J connectivity index is 1.58. The lowest BCUT2D eigenvalue weighted by atomic mass is 9.88. The number of nitrogens with one attached hydrogen (secondary N) is 1. The highest BCUT2D eigenvalue weighted by Gasteiger charge is 2.26. The summed E-state index contributed by atoms with van der Waals surface area (Å²) in [5.41, 5.74) is 2.68. The summed E-state index contributed by atoms with van der Waals surface area (Å²) in [7, 11) is 0. The second kappa shape index (κ2) is 6.80. The highest BCUT2D eigenvalue weighted by Crippen LogP contribution is 2.29. The van der Waals surface area contributed by atoms with Gasteiger partial charge in [0.15, 0.2) is 0 Å². The molecule has 4 heteroatoms. The minimum absolute atomic E-state index is 0.128. The van der Waals surface area contributed by atoms with E-state index < -0.39 is 0 Å². The van der Waals surface area contributed by atoms with E-state index in [-0.39, 0.29) is 24.2 Å². The van der Waals surface area contributed by atoms with Crippen LogP contribution in [0.5, 0.6) is 0 Å². The van der Waals surface area contributed by atoms with Gasteiger partial charge in [-0.3, -0.25) is 9.69 Å². The molecule has 4 nitrogen and oxygen atoms in total. The van der Waals surface area contributed by atoms with Gasteiger partial charge in [0.2, 0.25) is 5.91 Å². The molecule has 3 atom stereocenters. The van der Waals surface area contributed by atoms with Gasteiger partial charge in [-0.05, 0) is 44.2 Å². The Bertz CT molecular complexity index is 522. The first-order chi connectivity index (χ1) is 10.6. The maximum absolute atomic E-state index is 12.4. The summed E-state index contributed by atoms with van der Waals surface area (Å²) in [4.78, 5) is 14.6. The van der Waals surface area contributed by atoms with Crippen molar-refractivity contribution in [2.45, 2.75) is 51.4 Å². The van der Waals surface area contributed by atoms with E-state index in [2.05, 4.69) is 48.3 Å². The lowest BCUT2D eigenvalue weighted by Gasteiger charge is -2.35. The Morgan fingerprint density at radius 3 is 2.77 bits per heavy atom. The van der Waals surface area contributed by atoms with E-state index in [4.69, 9.17) is 4.74 Å². The molecule has 1 N–H and O–H groups in total. The minimum Gasteiger partial charge on any atom is -0.373 e. The van der Waals surface area contributed by atoms with E-state index in [1.807, 2.05) is 0 Å². The number of hydrogen-bond acceptors (Lipinski definition) is 3. The predicted molar refractivity (Wildman–Crippen MR) is 86.7 cm³/mol. The average molecular weight is 302 g/mol. The third-order valence-corrected chi connectivity index (χ3v) is 4.57. The molecule has 1 aromatic carbocycles. The van der Waals surface area contributed by atoms with Gasteiger partial charge < -0.3 is 10.1 Å². The summed E-state index contributed by atoms with van der Waals surface area (Å²) in [6, 6.07) is 8.65. The molecule has 1 saturated heterocycles. The molecule has 0 radical (unpaired) electrons. The Morgan fingerprint density at radius 2 is 2.00 bits per heavy atom. The highest BCUT2D eigenvalue weighted by atomic mass is 16.5. The van der Waals surface area contributed by atoms with Crippen molar-refractivity contribution in [3.63, 3.8) is 0 Å². The number of fused-ring (bicyclic) bond motifs is 1. The summed E-state index contributed by atoms with van der Waals surface area (Å²) in [5, 5.41) is 3.23. The summed E-state index contributed by atoms with van der Waals surface area (Å²) >= 11 is 0. The topological polar surface area (TPSA) is 41.6 Å². The van der Waals surface area contributed by atoms with Gasteiger partial charge >= 0.3 is 0 Å². The number of carbonyl (C=O) groups excluding carboxylic acids is 1. The summed E-state index contributed by atoms with van der Waals surface area (Å²) in [6.45, 7) is 6.27. The molecular weight excluding hydrogens is 276 g/mol. The van der Waals surface area contributed by atoms with Crippen LogP contribution in [0.2, 0.25) is 0 Å². The van der Waals surface area contributed by atoms with Crippen LogP contribution in [0.25, 0.3) is 0 Å². The van der Waals surface area contributed by atoms with Crippen LogP contribution in [0.15, 0.2) is 24.3 Å². The van der Waals surface area contributed by atoms with Crippen molar-refractivity contribution in [1.82, 2.24) is 10.2 Å². The smallest absolute Gasteiger partial charge is 0.234 e. The molecule has 0 bridgehead atoms. The van der Waals surface area contributed by atoms with Crippen molar-refractivity contribution in [3.8, 4) is 0 Å². The van der Waals surface area contributed by atoms with Gasteiger partial charge in [0.25, 0.3) is 0 Å². The monoisotopic (exact) mass is 302 g/mol. The Labute approximate surface area is 132 Å². The van der Waals surface area contributed by atoms with E-state index in [1.165, 1.54) is 11.1 Å². The maximum atomic E-state index is 12.4. The first-order valence-corrected chi connectivity index (χ1v) is 8.37. The number of ether oxygens (including phenoxy) is 1. The Kier molecular flexibility index (Phi) is 4.79. The summed E-state index contributed by atoms with van der Waals surface area (Å²) < 4.78 is 5.72. The van der Waals surface area contributed by atoms with Gasteiger partial charge in [0, 0.05) is 13.1 Å². The molecule has 1 aliphatic heterocycles. The average Bonchev–Trinajstić information content (AvgIpc) is 2.46. The summed E-state index contributed by atoms with van der Waals surface area (Å²) in [5.74, 6) is 0.128. The lowest BCUT2D eigenvalue weighted by molar-refractivity contribution is -0.126. The van der Waals surface area contributed by atoms with Crippen LogP contribution in [0, 0.1) is 0 Å². The zero-order valence-corrected chi connectivity index (χ0v) is 13.5. The van der Waals surface area contributed by atoms with Crippen LogP contribution < -0.4 is 5.32 Å². The van der Waals surface area contributed by atoms with Gasteiger partial charge in [0.05, 0.1) is 24.8 Å². The SMILES string of the molecule is C[C@@H]1CN(CC(=O)N[C@@H]2CCCc3ccccc32)C[C@H](C)O1. The molecule has 2 aliphatic rings. The molecule has 1 aliphatic carbocycles. The van der Waals surface area contributed by atoms with Crippen molar-refractivity contribution in [1.29, 1.82) is 0 Å². The zero-order chi connectivity index (χ0) is 15.5. The zero-order valence-electron chi connectivity index (χ0n) is 13.5. The van der Waals surface area contributed by atoms with Crippen LogP contribution in [-0.4, -0.2) is 42.6 Å². The summed E-state index contributed by atoms with van der Waals surface area (Å²) in [6.07, 6.45) is 3.71. The molecule has 3 rings (SSSR count). The Hall–Kier alpha value is -1.39. The number of carbonyl (C=O) groups is 1. The molecule has 120 valence electrons. The largest absolute Gasteiger partial charge is 0.373 e. The first-order valence-electron chi connectivity index (χ1n) is 8.37. The molecule has 0 aromatic heterocycles. The molecular formula is C18H26N2O2. The number of morpholine rings is 1. The third kappa shape index (κ3) is 3.68. The van der Waals surface area contributed by atoms with E-state index in [0.717, 1.165) is 32.4 Å². The number of nitrogens with zero attached hydrogens (tertiary/aromatic N) is 1. The molecule has 1 aromatic rings. The van der Waals surface area contributed by atoms with Crippen LogP contribution in [0.3, 0.4) is 0 Å². The second-order valence-electron chi connectivity index (χ2n) is 6.66. The van der Waals surface area contributed by atoms with Crippen molar-refractivity contribution < 1.29 is 9.53 Å². The van der Waals surface area contributed by atoms with Gasteiger partial charge in [-0.2, -0.15) is 0 Å². The van der Waals surface area contributed by atoms with E-state index in [1.54, 1.807) is 0 Å². The fraction of sp³-hybridized carbons (Fsp3) is 0.611. The van der Waals surface area contributed by atoms with Gasteiger partial charge in [-0.1, -0.05) is 24.3 Å². The van der Waals surface area contributed by atoms with Crippen molar-refractivity contribution >= 4 is 5.91 Å². The quantitative estimate of drug-likeness (QED) is 0.931. The number of hydrogen-bond donors (Lipinski definition) is 1. The number of aryl methyl sites for hydroxylation is 1. The van der Waals surface area contributed by atoms with Crippen molar-refractivity contribution in [3.05, 3.63) is 35.4 Å². The number of benzene rings is 1. The van der Waals surface area contributed by atoms with Crippen molar-refractivity contribution in [2.75, 3.05) is 19.6 Å². The predicted octanol–water partition coefficient (Wildman–Crippen LogP) is 2.29. The van der Waals surface area contributed by atoms with Crippen LogP contribution in [0.4, 0.5) is 0 Å². The molecule has 0 saturated carbocycles. The van der Waals surface area contributed by atoms with E-state index in [0.29, 0.717) is 6.54 Å².